The van der Waals surface area contributed by atoms with Crippen molar-refractivity contribution in [3.63, 3.8) is 0 Å². The van der Waals surface area contributed by atoms with Crippen LogP contribution >= 0.6 is 0 Å². The lowest BCUT2D eigenvalue weighted by molar-refractivity contribution is -0.143. The first-order valence-electron chi connectivity index (χ1n) is 8.38. The van der Waals surface area contributed by atoms with E-state index in [0.29, 0.717) is 30.0 Å². The SMILES string of the molecule is CC1CC(C(=O)O)CN(C(=O)c2ccccc2Oc2ccccc2)C1. The van der Waals surface area contributed by atoms with Crippen molar-refractivity contribution in [3.05, 3.63) is 60.2 Å². The largest absolute Gasteiger partial charge is 0.481 e. The summed E-state index contributed by atoms with van der Waals surface area (Å²) in [5.74, 6) is -0.277. The minimum atomic E-state index is -0.849. The van der Waals surface area contributed by atoms with Crippen LogP contribution in [0.15, 0.2) is 54.6 Å². The molecule has 0 saturated carbocycles. The quantitative estimate of drug-likeness (QED) is 0.923. The molecule has 0 spiro atoms. The Labute approximate surface area is 146 Å². The number of carbonyl (C=O) groups excluding carboxylic acids is 1. The summed E-state index contributed by atoms with van der Waals surface area (Å²) in [4.78, 5) is 26.0. The van der Waals surface area contributed by atoms with E-state index >= 15 is 0 Å². The monoisotopic (exact) mass is 339 g/mol. The molecule has 0 bridgehead atoms. The lowest BCUT2D eigenvalue weighted by atomic mass is 9.90. The Morgan fingerprint density at radius 2 is 1.72 bits per heavy atom. The normalized spacial score (nSPS) is 20.1. The van der Waals surface area contributed by atoms with Crippen LogP contribution in [0.1, 0.15) is 23.7 Å². The van der Waals surface area contributed by atoms with E-state index in [9.17, 15) is 14.7 Å². The molecule has 1 fully saturated rings. The number of hydrogen-bond acceptors (Lipinski definition) is 3. The summed E-state index contributed by atoms with van der Waals surface area (Å²) in [6.07, 6.45) is 0.598. The van der Waals surface area contributed by atoms with Gasteiger partial charge in [-0.1, -0.05) is 37.3 Å². The summed E-state index contributed by atoms with van der Waals surface area (Å²) in [5.41, 5.74) is 0.449. The van der Waals surface area contributed by atoms with Crippen LogP contribution in [0.2, 0.25) is 0 Å². The van der Waals surface area contributed by atoms with Gasteiger partial charge in [0.1, 0.15) is 11.5 Å². The van der Waals surface area contributed by atoms with Crippen LogP contribution in [0.5, 0.6) is 11.5 Å². The molecule has 25 heavy (non-hydrogen) atoms. The lowest BCUT2D eigenvalue weighted by Crippen LogP contribution is -2.45. The van der Waals surface area contributed by atoms with Crippen molar-refractivity contribution in [1.29, 1.82) is 0 Å². The number of nitrogens with zero attached hydrogens (tertiary/aromatic N) is 1. The fourth-order valence-electron chi connectivity index (χ4n) is 3.21. The number of benzene rings is 2. The van der Waals surface area contributed by atoms with E-state index < -0.39 is 11.9 Å². The molecule has 2 aromatic rings. The Balaban J connectivity index is 1.83. The molecule has 1 aliphatic heterocycles. The van der Waals surface area contributed by atoms with E-state index in [2.05, 4.69) is 0 Å². The van der Waals surface area contributed by atoms with Gasteiger partial charge in [-0.05, 0) is 36.6 Å². The second kappa shape index (κ2) is 7.38. The molecule has 5 heteroatoms. The molecule has 2 unspecified atom stereocenters. The van der Waals surface area contributed by atoms with Crippen molar-refractivity contribution in [1.82, 2.24) is 4.90 Å². The van der Waals surface area contributed by atoms with Gasteiger partial charge in [0.15, 0.2) is 0 Å². The molecule has 0 aromatic heterocycles. The molecule has 1 saturated heterocycles. The number of likely N-dealkylation sites (tertiary alicyclic amines) is 1. The van der Waals surface area contributed by atoms with Gasteiger partial charge in [-0.25, -0.2) is 0 Å². The summed E-state index contributed by atoms with van der Waals surface area (Å²) < 4.78 is 5.86. The summed E-state index contributed by atoms with van der Waals surface area (Å²) in [5, 5.41) is 9.31. The van der Waals surface area contributed by atoms with Gasteiger partial charge in [-0.3, -0.25) is 9.59 Å². The molecule has 5 nitrogen and oxygen atoms in total. The molecule has 3 rings (SSSR count). The van der Waals surface area contributed by atoms with Gasteiger partial charge in [0.2, 0.25) is 0 Å². The predicted octanol–water partition coefficient (Wildman–Crippen LogP) is 3.66. The zero-order valence-electron chi connectivity index (χ0n) is 14.1. The average molecular weight is 339 g/mol. The maximum Gasteiger partial charge on any atom is 0.308 e. The molecule has 1 amide bonds. The molecule has 0 radical (unpaired) electrons. The zero-order valence-corrected chi connectivity index (χ0v) is 14.1. The van der Waals surface area contributed by atoms with Crippen molar-refractivity contribution >= 4 is 11.9 Å². The van der Waals surface area contributed by atoms with Crippen LogP contribution < -0.4 is 4.74 Å². The van der Waals surface area contributed by atoms with Crippen molar-refractivity contribution in [2.45, 2.75) is 13.3 Å². The second-order valence-electron chi connectivity index (χ2n) is 6.50. The maximum absolute atomic E-state index is 13.0. The number of hydrogen-bond donors (Lipinski definition) is 1. The van der Waals surface area contributed by atoms with Crippen molar-refractivity contribution in [3.8, 4) is 11.5 Å². The highest BCUT2D eigenvalue weighted by molar-refractivity contribution is 5.97. The smallest absolute Gasteiger partial charge is 0.308 e. The van der Waals surface area contributed by atoms with E-state index in [1.54, 1.807) is 23.1 Å². The van der Waals surface area contributed by atoms with Gasteiger partial charge in [0, 0.05) is 13.1 Å². The highest BCUT2D eigenvalue weighted by Gasteiger charge is 2.33. The fourth-order valence-corrected chi connectivity index (χ4v) is 3.21. The number of ether oxygens (including phenoxy) is 1. The van der Waals surface area contributed by atoms with E-state index in [0.717, 1.165) is 0 Å². The summed E-state index contributed by atoms with van der Waals surface area (Å²) >= 11 is 0. The van der Waals surface area contributed by atoms with E-state index in [1.807, 2.05) is 43.3 Å². The van der Waals surface area contributed by atoms with Gasteiger partial charge in [0.05, 0.1) is 11.5 Å². The number of carboxylic acids is 1. The second-order valence-corrected chi connectivity index (χ2v) is 6.50. The molecule has 1 aliphatic rings. The molecule has 2 aromatic carbocycles. The van der Waals surface area contributed by atoms with Crippen molar-refractivity contribution in [2.24, 2.45) is 11.8 Å². The van der Waals surface area contributed by atoms with E-state index in [1.165, 1.54) is 0 Å². The molecule has 0 aliphatic carbocycles. The first-order chi connectivity index (χ1) is 12.0. The minimum absolute atomic E-state index is 0.154. The lowest BCUT2D eigenvalue weighted by Gasteiger charge is -2.35. The van der Waals surface area contributed by atoms with Gasteiger partial charge < -0.3 is 14.7 Å². The third-order valence-electron chi connectivity index (χ3n) is 4.38. The Morgan fingerprint density at radius 1 is 1.04 bits per heavy atom. The predicted molar refractivity (Wildman–Crippen MR) is 93.8 cm³/mol. The van der Waals surface area contributed by atoms with Crippen LogP contribution in [-0.2, 0) is 4.79 Å². The number of carbonyl (C=O) groups is 2. The van der Waals surface area contributed by atoms with Gasteiger partial charge >= 0.3 is 5.97 Å². The Hall–Kier alpha value is -2.82. The minimum Gasteiger partial charge on any atom is -0.481 e. The van der Waals surface area contributed by atoms with Crippen LogP contribution in [0.4, 0.5) is 0 Å². The van der Waals surface area contributed by atoms with Crippen molar-refractivity contribution < 1.29 is 19.4 Å². The van der Waals surface area contributed by atoms with Crippen LogP contribution in [0, 0.1) is 11.8 Å². The zero-order chi connectivity index (χ0) is 17.8. The molecular formula is C20H21NO4. The first-order valence-corrected chi connectivity index (χ1v) is 8.38. The molecule has 1 N–H and O–H groups in total. The summed E-state index contributed by atoms with van der Waals surface area (Å²) in [7, 11) is 0. The Morgan fingerprint density at radius 3 is 2.44 bits per heavy atom. The van der Waals surface area contributed by atoms with Crippen molar-refractivity contribution in [2.75, 3.05) is 13.1 Å². The van der Waals surface area contributed by atoms with E-state index in [4.69, 9.17) is 4.74 Å². The standard InChI is InChI=1S/C20H21NO4/c1-14-11-15(20(23)24)13-21(12-14)19(22)17-9-5-6-10-18(17)25-16-7-3-2-4-8-16/h2-10,14-15H,11-13H2,1H3,(H,23,24). The van der Waals surface area contributed by atoms with Gasteiger partial charge in [-0.15, -0.1) is 0 Å². The summed E-state index contributed by atoms with van der Waals surface area (Å²) in [6, 6.07) is 16.3. The third kappa shape index (κ3) is 3.99. The number of aliphatic carboxylic acids is 1. The molecule has 2 atom stereocenters. The highest BCUT2D eigenvalue weighted by Crippen LogP contribution is 2.29. The third-order valence-corrected chi connectivity index (χ3v) is 4.38. The maximum atomic E-state index is 13.0. The Kier molecular flexibility index (Phi) is 5.03. The molecular weight excluding hydrogens is 318 g/mol. The van der Waals surface area contributed by atoms with Crippen LogP contribution in [0.3, 0.4) is 0 Å². The molecule has 1 heterocycles. The topological polar surface area (TPSA) is 66.8 Å². The summed E-state index contributed by atoms with van der Waals surface area (Å²) in [6.45, 7) is 2.77. The van der Waals surface area contributed by atoms with Crippen LogP contribution in [0.25, 0.3) is 0 Å². The van der Waals surface area contributed by atoms with E-state index in [-0.39, 0.29) is 18.4 Å². The van der Waals surface area contributed by atoms with Crippen LogP contribution in [-0.4, -0.2) is 35.0 Å². The van der Waals surface area contributed by atoms with Gasteiger partial charge in [-0.2, -0.15) is 0 Å². The number of piperidine rings is 1. The Bertz CT molecular complexity index is 759. The highest BCUT2D eigenvalue weighted by atomic mass is 16.5. The number of rotatable bonds is 4. The molecule has 130 valence electrons. The number of carboxylic acid groups (broad SMARTS) is 1. The number of para-hydroxylation sites is 2. The number of amides is 1. The van der Waals surface area contributed by atoms with Gasteiger partial charge in [0.25, 0.3) is 5.91 Å². The average Bonchev–Trinajstić information content (AvgIpc) is 2.62. The fraction of sp³-hybridized carbons (Fsp3) is 0.300. The first kappa shape index (κ1) is 17.0.